The first-order valence-corrected chi connectivity index (χ1v) is 12.6. The highest BCUT2D eigenvalue weighted by Gasteiger charge is 2.39. The largest absolute Gasteiger partial charge is 0.487 e. The average Bonchev–Trinajstić information content (AvgIpc) is 3.30. The van der Waals surface area contributed by atoms with Crippen LogP contribution in [0, 0.1) is 0 Å². The fraction of sp³-hybridized carbons (Fsp3) is 0.125. The number of fused-ring (bicyclic) bond motifs is 3. The zero-order valence-electron chi connectivity index (χ0n) is 21.5. The molecule has 2 aliphatic rings. The minimum absolute atomic E-state index is 0.0546. The van der Waals surface area contributed by atoms with Crippen molar-refractivity contribution in [1.82, 2.24) is 4.98 Å². The lowest BCUT2D eigenvalue weighted by atomic mass is 9.84. The second kappa shape index (κ2) is 10.5. The number of carbonyl (C=O) groups excluding carboxylic acids is 3. The lowest BCUT2D eigenvalue weighted by Crippen LogP contribution is -2.22. The average molecular weight is 534 g/mol. The van der Waals surface area contributed by atoms with Crippen molar-refractivity contribution in [2.75, 3.05) is 7.11 Å². The second-order valence-corrected chi connectivity index (χ2v) is 9.29. The van der Waals surface area contributed by atoms with Crippen LogP contribution in [0.4, 0.5) is 0 Å². The maximum absolute atomic E-state index is 13.3. The van der Waals surface area contributed by atoms with E-state index in [2.05, 4.69) is 4.98 Å². The molecule has 198 valence electrons. The fourth-order valence-electron chi connectivity index (χ4n) is 4.89. The van der Waals surface area contributed by atoms with E-state index in [1.54, 1.807) is 48.7 Å². The molecule has 1 aromatic heterocycles. The van der Waals surface area contributed by atoms with E-state index in [-0.39, 0.29) is 30.5 Å². The standard InChI is InChI=1S/C32H23NO7/c1-37-32(36)20-11-9-19(10-12-20)16-27-30(35)23-13-14-26-29(31(23)40-27)24(17-28(34)39-26)22-7-2-3-8-25(22)38-18-21-6-4-5-15-33-21/h2-16,24H,17-18H2,1H3. The number of benzene rings is 3. The van der Waals surface area contributed by atoms with Crippen LogP contribution in [0.1, 0.15) is 55.4 Å². The van der Waals surface area contributed by atoms with Gasteiger partial charge in [-0.3, -0.25) is 14.6 Å². The summed E-state index contributed by atoms with van der Waals surface area (Å²) in [6.45, 7) is 0.255. The number of pyridine rings is 1. The Morgan fingerprint density at radius 3 is 2.55 bits per heavy atom. The zero-order chi connectivity index (χ0) is 27.6. The predicted molar refractivity (Wildman–Crippen MR) is 144 cm³/mol. The summed E-state index contributed by atoms with van der Waals surface area (Å²) in [6.07, 6.45) is 3.37. The van der Waals surface area contributed by atoms with E-state index < -0.39 is 11.9 Å². The van der Waals surface area contributed by atoms with Gasteiger partial charge in [-0.2, -0.15) is 0 Å². The van der Waals surface area contributed by atoms with Crippen LogP contribution in [0.3, 0.4) is 0 Å². The molecular formula is C32H23NO7. The topological polar surface area (TPSA) is 101 Å². The van der Waals surface area contributed by atoms with Crippen molar-refractivity contribution >= 4 is 23.8 Å². The van der Waals surface area contributed by atoms with Crippen molar-refractivity contribution in [3.63, 3.8) is 0 Å². The number of allylic oxidation sites excluding steroid dienone is 1. The molecule has 0 aliphatic carbocycles. The highest BCUT2D eigenvalue weighted by molar-refractivity contribution is 6.15. The molecule has 4 aromatic rings. The Hall–Kier alpha value is -5.24. The number of Topliss-reactive ketones (excluding diaryl/α,β-unsaturated/α-hetero) is 1. The van der Waals surface area contributed by atoms with Crippen LogP contribution in [0.15, 0.2) is 90.8 Å². The second-order valence-electron chi connectivity index (χ2n) is 9.29. The molecule has 0 saturated carbocycles. The van der Waals surface area contributed by atoms with Gasteiger partial charge in [0.2, 0.25) is 5.78 Å². The first-order valence-electron chi connectivity index (χ1n) is 12.6. The summed E-state index contributed by atoms with van der Waals surface area (Å²) in [5.74, 6) is -0.151. The molecule has 3 aromatic carbocycles. The zero-order valence-corrected chi connectivity index (χ0v) is 21.5. The third kappa shape index (κ3) is 4.71. The molecule has 0 bridgehead atoms. The van der Waals surface area contributed by atoms with Gasteiger partial charge in [-0.05, 0) is 54.1 Å². The van der Waals surface area contributed by atoms with E-state index in [0.717, 1.165) is 11.3 Å². The number of aromatic nitrogens is 1. The van der Waals surface area contributed by atoms with Crippen LogP contribution in [-0.2, 0) is 16.1 Å². The SMILES string of the molecule is COC(=O)c1ccc(C=C2Oc3c(ccc4c3C(c3ccccc3OCc3ccccn3)CC(=O)O4)C2=O)cc1. The third-order valence-corrected chi connectivity index (χ3v) is 6.81. The maximum atomic E-state index is 13.3. The van der Waals surface area contributed by atoms with Gasteiger partial charge in [0.1, 0.15) is 23.9 Å². The van der Waals surface area contributed by atoms with Gasteiger partial charge in [-0.15, -0.1) is 0 Å². The first kappa shape index (κ1) is 25.1. The predicted octanol–water partition coefficient (Wildman–Crippen LogP) is 5.50. The van der Waals surface area contributed by atoms with Crippen molar-refractivity contribution < 1.29 is 33.3 Å². The first-order chi connectivity index (χ1) is 19.5. The number of nitrogens with zero attached hydrogens (tertiary/aromatic N) is 1. The minimum Gasteiger partial charge on any atom is -0.487 e. The van der Waals surface area contributed by atoms with E-state index in [0.29, 0.717) is 39.5 Å². The molecule has 6 rings (SSSR count). The summed E-state index contributed by atoms with van der Waals surface area (Å²) in [5.41, 5.74) is 3.61. The van der Waals surface area contributed by atoms with Crippen LogP contribution in [0.25, 0.3) is 6.08 Å². The number of para-hydroxylation sites is 1. The Bertz CT molecular complexity index is 1660. The van der Waals surface area contributed by atoms with E-state index in [9.17, 15) is 14.4 Å². The third-order valence-electron chi connectivity index (χ3n) is 6.81. The molecule has 1 atom stereocenters. The molecule has 1 unspecified atom stereocenters. The Kier molecular flexibility index (Phi) is 6.57. The summed E-state index contributed by atoms with van der Waals surface area (Å²) in [6, 6.07) is 23.0. The molecule has 0 fully saturated rings. The Morgan fingerprint density at radius 2 is 1.77 bits per heavy atom. The van der Waals surface area contributed by atoms with Gasteiger partial charge in [0.05, 0.1) is 30.4 Å². The molecule has 0 N–H and O–H groups in total. The fourth-order valence-corrected chi connectivity index (χ4v) is 4.89. The van der Waals surface area contributed by atoms with Crippen LogP contribution >= 0.6 is 0 Å². The van der Waals surface area contributed by atoms with Crippen LogP contribution in [0.5, 0.6) is 17.2 Å². The normalized spacial score (nSPS) is 16.5. The number of hydrogen-bond donors (Lipinski definition) is 0. The lowest BCUT2D eigenvalue weighted by molar-refractivity contribution is -0.135. The van der Waals surface area contributed by atoms with E-state index in [1.807, 2.05) is 42.5 Å². The molecule has 0 amide bonds. The molecule has 8 heteroatoms. The van der Waals surface area contributed by atoms with Crippen LogP contribution < -0.4 is 14.2 Å². The van der Waals surface area contributed by atoms with Crippen molar-refractivity contribution in [3.8, 4) is 17.2 Å². The Labute approximate surface area is 229 Å². The molecule has 0 saturated heterocycles. The number of hydrogen-bond acceptors (Lipinski definition) is 8. The molecule has 40 heavy (non-hydrogen) atoms. The van der Waals surface area contributed by atoms with Gasteiger partial charge in [-0.1, -0.05) is 36.4 Å². The van der Waals surface area contributed by atoms with Crippen molar-refractivity contribution in [3.05, 3.63) is 124 Å². The van der Waals surface area contributed by atoms with E-state index in [4.69, 9.17) is 18.9 Å². The Morgan fingerprint density at radius 1 is 0.975 bits per heavy atom. The summed E-state index contributed by atoms with van der Waals surface area (Å²) in [4.78, 5) is 42.0. The van der Waals surface area contributed by atoms with Gasteiger partial charge >= 0.3 is 11.9 Å². The molecule has 2 aliphatic heterocycles. The van der Waals surface area contributed by atoms with Crippen LogP contribution in [-0.4, -0.2) is 29.8 Å². The molecular weight excluding hydrogens is 510 g/mol. The van der Waals surface area contributed by atoms with Gasteiger partial charge in [-0.25, -0.2) is 4.79 Å². The summed E-state index contributed by atoms with van der Waals surface area (Å²) in [7, 11) is 1.32. The van der Waals surface area contributed by atoms with Crippen molar-refractivity contribution in [1.29, 1.82) is 0 Å². The number of rotatable bonds is 6. The number of carbonyl (C=O) groups is 3. The molecule has 0 radical (unpaired) electrons. The number of ketones is 1. The smallest absolute Gasteiger partial charge is 0.337 e. The van der Waals surface area contributed by atoms with Gasteiger partial charge in [0.25, 0.3) is 0 Å². The molecule has 3 heterocycles. The van der Waals surface area contributed by atoms with Crippen molar-refractivity contribution in [2.45, 2.75) is 18.9 Å². The summed E-state index contributed by atoms with van der Waals surface area (Å²) < 4.78 is 22.6. The number of methoxy groups -OCH3 is 1. The summed E-state index contributed by atoms with van der Waals surface area (Å²) >= 11 is 0. The maximum Gasteiger partial charge on any atom is 0.337 e. The quantitative estimate of drug-likeness (QED) is 0.182. The van der Waals surface area contributed by atoms with E-state index >= 15 is 0 Å². The number of esters is 2. The van der Waals surface area contributed by atoms with Gasteiger partial charge < -0.3 is 18.9 Å². The van der Waals surface area contributed by atoms with Crippen LogP contribution in [0.2, 0.25) is 0 Å². The minimum atomic E-state index is -0.461. The Balaban J connectivity index is 1.35. The highest BCUT2D eigenvalue weighted by atomic mass is 16.5. The molecule has 8 nitrogen and oxygen atoms in total. The monoisotopic (exact) mass is 533 g/mol. The lowest BCUT2D eigenvalue weighted by Gasteiger charge is -2.27. The highest BCUT2D eigenvalue weighted by Crippen LogP contribution is 2.50. The number of ether oxygens (including phenoxy) is 4. The molecule has 0 spiro atoms. The van der Waals surface area contributed by atoms with Gasteiger partial charge in [0.15, 0.2) is 5.76 Å². The van der Waals surface area contributed by atoms with Gasteiger partial charge in [0, 0.05) is 23.2 Å². The summed E-state index contributed by atoms with van der Waals surface area (Å²) in [5, 5.41) is 0. The van der Waals surface area contributed by atoms with E-state index in [1.165, 1.54) is 7.11 Å². The van der Waals surface area contributed by atoms with Crippen molar-refractivity contribution in [2.24, 2.45) is 0 Å².